The van der Waals surface area contributed by atoms with E-state index in [-0.39, 0.29) is 16.8 Å². The van der Waals surface area contributed by atoms with Gasteiger partial charge in [0.2, 0.25) is 5.76 Å². The van der Waals surface area contributed by atoms with Crippen LogP contribution in [0.4, 0.5) is 0 Å². The quantitative estimate of drug-likeness (QED) is 0.826. The first-order valence-corrected chi connectivity index (χ1v) is 6.23. The van der Waals surface area contributed by atoms with E-state index in [0.29, 0.717) is 5.76 Å². The number of carboxylic acids is 1. The Balaban J connectivity index is 2.11. The van der Waals surface area contributed by atoms with E-state index in [4.69, 9.17) is 9.52 Å². The van der Waals surface area contributed by atoms with Crippen LogP contribution in [0, 0.1) is 0 Å². The molecule has 0 radical (unpaired) electrons. The number of aromatic carboxylic acids is 1. The first kappa shape index (κ1) is 12.6. The van der Waals surface area contributed by atoms with Gasteiger partial charge in [-0.3, -0.25) is 0 Å². The van der Waals surface area contributed by atoms with Crippen LogP contribution in [0.2, 0.25) is 0 Å². The van der Waals surface area contributed by atoms with Crippen LogP contribution in [-0.2, 0) is 0 Å². The molecule has 0 saturated heterocycles. The molecule has 0 spiro atoms. The maximum absolute atomic E-state index is 10.7. The SMILES string of the molecule is CC(Sc1cccc(O)c1)c1ccc(C(=O)O)o1. The summed E-state index contributed by atoms with van der Waals surface area (Å²) in [5, 5.41) is 18.1. The van der Waals surface area contributed by atoms with Crippen LogP contribution in [-0.4, -0.2) is 16.2 Å². The first-order valence-electron chi connectivity index (χ1n) is 5.35. The minimum atomic E-state index is -1.07. The molecule has 1 atom stereocenters. The molecule has 0 aliphatic heterocycles. The zero-order valence-electron chi connectivity index (χ0n) is 9.66. The molecule has 18 heavy (non-hydrogen) atoms. The van der Waals surface area contributed by atoms with Crippen molar-refractivity contribution in [1.82, 2.24) is 0 Å². The van der Waals surface area contributed by atoms with Gasteiger partial charge in [-0.2, -0.15) is 0 Å². The Labute approximate surface area is 108 Å². The predicted octanol–water partition coefficient (Wildman–Crippen LogP) is 3.54. The van der Waals surface area contributed by atoms with E-state index in [1.54, 1.807) is 24.3 Å². The highest BCUT2D eigenvalue weighted by molar-refractivity contribution is 7.99. The van der Waals surface area contributed by atoms with E-state index >= 15 is 0 Å². The Morgan fingerprint density at radius 1 is 1.33 bits per heavy atom. The van der Waals surface area contributed by atoms with Gasteiger partial charge >= 0.3 is 5.97 Å². The summed E-state index contributed by atoms with van der Waals surface area (Å²) in [4.78, 5) is 11.6. The van der Waals surface area contributed by atoms with Gasteiger partial charge in [0.25, 0.3) is 0 Å². The average Bonchev–Trinajstić information content (AvgIpc) is 2.78. The highest BCUT2D eigenvalue weighted by Crippen LogP contribution is 2.36. The smallest absolute Gasteiger partial charge is 0.371 e. The summed E-state index contributed by atoms with van der Waals surface area (Å²) < 4.78 is 5.23. The molecule has 2 aromatic rings. The topological polar surface area (TPSA) is 70.7 Å². The fourth-order valence-electron chi connectivity index (χ4n) is 1.51. The summed E-state index contributed by atoms with van der Waals surface area (Å²) in [6.45, 7) is 1.92. The third-order valence-electron chi connectivity index (χ3n) is 2.37. The molecular weight excluding hydrogens is 252 g/mol. The Morgan fingerprint density at radius 2 is 2.11 bits per heavy atom. The van der Waals surface area contributed by atoms with Gasteiger partial charge in [-0.15, -0.1) is 11.8 Å². The molecular formula is C13H12O4S. The largest absolute Gasteiger partial charge is 0.508 e. The Hall–Kier alpha value is -1.88. The number of aromatic hydroxyl groups is 1. The number of hydrogen-bond donors (Lipinski definition) is 2. The monoisotopic (exact) mass is 264 g/mol. The van der Waals surface area contributed by atoms with E-state index in [0.717, 1.165) is 4.90 Å². The standard InChI is InChI=1S/C13H12O4S/c1-8(11-5-6-12(17-11)13(15)16)18-10-4-2-3-9(14)7-10/h2-8,14H,1H3,(H,15,16). The molecule has 0 aliphatic carbocycles. The third kappa shape index (κ3) is 2.87. The molecule has 0 amide bonds. The van der Waals surface area contributed by atoms with Gasteiger partial charge in [0.1, 0.15) is 11.5 Å². The van der Waals surface area contributed by atoms with E-state index < -0.39 is 5.97 Å². The van der Waals surface area contributed by atoms with Crippen LogP contribution in [0.3, 0.4) is 0 Å². The van der Waals surface area contributed by atoms with E-state index in [1.165, 1.54) is 17.8 Å². The van der Waals surface area contributed by atoms with Crippen LogP contribution in [0.5, 0.6) is 5.75 Å². The van der Waals surface area contributed by atoms with Crippen molar-refractivity contribution in [3.8, 4) is 5.75 Å². The van der Waals surface area contributed by atoms with Crippen LogP contribution >= 0.6 is 11.8 Å². The number of carbonyl (C=O) groups is 1. The van der Waals surface area contributed by atoms with Gasteiger partial charge in [0, 0.05) is 4.90 Å². The highest BCUT2D eigenvalue weighted by Gasteiger charge is 2.15. The number of phenols is 1. The van der Waals surface area contributed by atoms with Gasteiger partial charge < -0.3 is 14.6 Å². The van der Waals surface area contributed by atoms with Crippen molar-refractivity contribution in [2.24, 2.45) is 0 Å². The van der Waals surface area contributed by atoms with Crippen LogP contribution in [0.25, 0.3) is 0 Å². The fraction of sp³-hybridized carbons (Fsp3) is 0.154. The zero-order chi connectivity index (χ0) is 13.1. The molecule has 1 heterocycles. The first-order chi connectivity index (χ1) is 8.56. The number of thioether (sulfide) groups is 1. The van der Waals surface area contributed by atoms with Crippen molar-refractivity contribution >= 4 is 17.7 Å². The minimum absolute atomic E-state index is 0.0279. The predicted molar refractivity (Wildman–Crippen MR) is 68.0 cm³/mol. The molecule has 1 unspecified atom stereocenters. The summed E-state index contributed by atoms with van der Waals surface area (Å²) in [6, 6.07) is 9.99. The normalized spacial score (nSPS) is 12.3. The van der Waals surface area contributed by atoms with Crippen molar-refractivity contribution in [3.05, 3.63) is 47.9 Å². The number of carboxylic acid groups (broad SMARTS) is 1. The zero-order valence-corrected chi connectivity index (χ0v) is 10.5. The number of phenolic OH excluding ortho intramolecular Hbond substituents is 1. The second-order valence-corrected chi connectivity index (χ2v) is 5.18. The van der Waals surface area contributed by atoms with Gasteiger partial charge in [-0.05, 0) is 37.3 Å². The lowest BCUT2D eigenvalue weighted by Crippen LogP contribution is -1.92. The summed E-state index contributed by atoms with van der Waals surface area (Å²) >= 11 is 1.49. The van der Waals surface area contributed by atoms with Gasteiger partial charge in [0.05, 0.1) is 5.25 Å². The molecule has 0 bridgehead atoms. The molecule has 0 saturated carbocycles. The van der Waals surface area contributed by atoms with Gasteiger partial charge in [-0.1, -0.05) is 6.07 Å². The second kappa shape index (κ2) is 5.18. The van der Waals surface area contributed by atoms with E-state index in [2.05, 4.69) is 0 Å². The molecule has 1 aromatic heterocycles. The maximum Gasteiger partial charge on any atom is 0.371 e. The van der Waals surface area contributed by atoms with Crippen molar-refractivity contribution < 1.29 is 19.4 Å². The van der Waals surface area contributed by atoms with E-state index in [9.17, 15) is 9.90 Å². The number of benzene rings is 1. The minimum Gasteiger partial charge on any atom is -0.508 e. The van der Waals surface area contributed by atoms with Crippen LogP contribution in [0.15, 0.2) is 45.7 Å². The Kier molecular flexibility index (Phi) is 3.62. The van der Waals surface area contributed by atoms with Crippen molar-refractivity contribution in [2.45, 2.75) is 17.1 Å². The lowest BCUT2D eigenvalue weighted by atomic mass is 10.3. The molecule has 5 heteroatoms. The molecule has 1 aromatic carbocycles. The number of furan rings is 1. The molecule has 94 valence electrons. The van der Waals surface area contributed by atoms with Gasteiger partial charge in [-0.25, -0.2) is 4.79 Å². The summed E-state index contributed by atoms with van der Waals surface area (Å²) in [7, 11) is 0. The Bertz CT molecular complexity index is 562. The lowest BCUT2D eigenvalue weighted by molar-refractivity contribution is 0.0660. The number of rotatable bonds is 4. The molecule has 2 rings (SSSR count). The molecule has 0 aliphatic rings. The van der Waals surface area contributed by atoms with E-state index in [1.807, 2.05) is 13.0 Å². The summed E-state index contributed by atoms with van der Waals surface area (Å²) in [5.74, 6) is -0.331. The maximum atomic E-state index is 10.7. The fourth-order valence-corrected chi connectivity index (χ4v) is 2.50. The van der Waals surface area contributed by atoms with Crippen LogP contribution < -0.4 is 0 Å². The summed E-state index contributed by atoms with van der Waals surface area (Å²) in [6.07, 6.45) is 0. The molecule has 4 nitrogen and oxygen atoms in total. The Morgan fingerprint density at radius 3 is 2.72 bits per heavy atom. The summed E-state index contributed by atoms with van der Waals surface area (Å²) in [5.41, 5.74) is 0. The molecule has 2 N–H and O–H groups in total. The van der Waals surface area contributed by atoms with Gasteiger partial charge in [0.15, 0.2) is 0 Å². The second-order valence-electron chi connectivity index (χ2n) is 3.76. The lowest BCUT2D eigenvalue weighted by Gasteiger charge is -2.08. The molecule has 0 fully saturated rings. The van der Waals surface area contributed by atoms with Crippen molar-refractivity contribution in [3.63, 3.8) is 0 Å². The van der Waals surface area contributed by atoms with Crippen molar-refractivity contribution in [2.75, 3.05) is 0 Å². The highest BCUT2D eigenvalue weighted by atomic mass is 32.2. The van der Waals surface area contributed by atoms with Crippen molar-refractivity contribution in [1.29, 1.82) is 0 Å². The third-order valence-corrected chi connectivity index (χ3v) is 3.48. The van der Waals surface area contributed by atoms with Crippen LogP contribution in [0.1, 0.15) is 28.5 Å². The number of hydrogen-bond acceptors (Lipinski definition) is 4. The average molecular weight is 264 g/mol.